The normalized spacial score (nSPS) is 21.7. The lowest BCUT2D eigenvalue weighted by Crippen LogP contribution is -2.42. The molecule has 0 radical (unpaired) electrons. The molecule has 1 fully saturated rings. The van der Waals surface area contributed by atoms with Crippen LogP contribution in [0.2, 0.25) is 0 Å². The highest BCUT2D eigenvalue weighted by atomic mass is 32.2. The Labute approximate surface area is 147 Å². The molecule has 25 heavy (non-hydrogen) atoms. The Kier molecular flexibility index (Phi) is 4.83. The van der Waals surface area contributed by atoms with E-state index >= 15 is 0 Å². The molecule has 4 N–H and O–H groups in total. The van der Waals surface area contributed by atoms with Crippen molar-refractivity contribution in [2.45, 2.75) is 50.0 Å². The van der Waals surface area contributed by atoms with Gasteiger partial charge in [-0.1, -0.05) is 13.3 Å². The second-order valence-corrected chi connectivity index (χ2v) is 9.06. The summed E-state index contributed by atoms with van der Waals surface area (Å²) in [4.78, 5) is 8.56. The zero-order chi connectivity index (χ0) is 18.2. The molecule has 8 heteroatoms. The summed E-state index contributed by atoms with van der Waals surface area (Å²) in [7, 11) is -3.01. The van der Waals surface area contributed by atoms with E-state index < -0.39 is 9.84 Å². The highest BCUT2D eigenvalue weighted by molar-refractivity contribution is 7.91. The molecule has 2 aromatic rings. The second-order valence-electron chi connectivity index (χ2n) is 6.73. The monoisotopic (exact) mass is 364 g/mol. The van der Waals surface area contributed by atoms with Crippen LogP contribution >= 0.6 is 0 Å². The van der Waals surface area contributed by atoms with Crippen LogP contribution in [0.5, 0.6) is 5.88 Å². The second kappa shape index (κ2) is 6.76. The Balaban J connectivity index is 1.89. The minimum atomic E-state index is -3.01. The number of fused-ring (bicyclic) bond motifs is 1. The minimum absolute atomic E-state index is 0.130. The zero-order valence-corrected chi connectivity index (χ0v) is 15.3. The van der Waals surface area contributed by atoms with Gasteiger partial charge in [-0.2, -0.15) is 0 Å². The Morgan fingerprint density at radius 3 is 2.64 bits per heavy atom. The van der Waals surface area contributed by atoms with Crippen molar-refractivity contribution in [1.29, 1.82) is 0 Å². The van der Waals surface area contributed by atoms with Gasteiger partial charge in [0.15, 0.2) is 9.84 Å². The van der Waals surface area contributed by atoms with Crippen LogP contribution in [0.4, 0.5) is 5.82 Å². The SMILES string of the molecule is CCC[C@@H](N)c1cnc(O[C@H]2C[C@@H](S(C)(=O)=O)C2)c2cnc(N)cc12. The van der Waals surface area contributed by atoms with Gasteiger partial charge in [0, 0.05) is 37.5 Å². The van der Waals surface area contributed by atoms with Crippen LogP contribution in [0, 0.1) is 0 Å². The molecule has 0 aliphatic heterocycles. The van der Waals surface area contributed by atoms with Gasteiger partial charge in [0.25, 0.3) is 0 Å². The smallest absolute Gasteiger partial charge is 0.223 e. The van der Waals surface area contributed by atoms with Crippen LogP contribution in [0.15, 0.2) is 18.5 Å². The summed E-state index contributed by atoms with van der Waals surface area (Å²) in [6.07, 6.45) is 7.27. The van der Waals surface area contributed by atoms with E-state index in [1.54, 1.807) is 18.5 Å². The molecule has 0 amide bonds. The number of aromatic nitrogens is 2. The first kappa shape index (κ1) is 17.9. The van der Waals surface area contributed by atoms with Crippen molar-refractivity contribution >= 4 is 26.4 Å². The van der Waals surface area contributed by atoms with E-state index in [1.165, 1.54) is 6.26 Å². The van der Waals surface area contributed by atoms with Gasteiger partial charge >= 0.3 is 0 Å². The Morgan fingerprint density at radius 2 is 2.00 bits per heavy atom. The van der Waals surface area contributed by atoms with Crippen molar-refractivity contribution in [2.24, 2.45) is 5.73 Å². The van der Waals surface area contributed by atoms with E-state index in [-0.39, 0.29) is 17.4 Å². The van der Waals surface area contributed by atoms with E-state index in [9.17, 15) is 8.42 Å². The molecule has 0 saturated heterocycles. The lowest BCUT2D eigenvalue weighted by molar-refractivity contribution is 0.119. The van der Waals surface area contributed by atoms with E-state index in [4.69, 9.17) is 16.2 Å². The summed E-state index contributed by atoms with van der Waals surface area (Å²) < 4.78 is 29.0. The van der Waals surface area contributed by atoms with Crippen LogP contribution in [0.25, 0.3) is 10.8 Å². The molecule has 136 valence electrons. The molecule has 0 unspecified atom stereocenters. The summed E-state index contributed by atoms with van der Waals surface area (Å²) in [5.74, 6) is 0.863. The van der Waals surface area contributed by atoms with Crippen LogP contribution < -0.4 is 16.2 Å². The first-order chi connectivity index (χ1) is 11.8. The summed E-state index contributed by atoms with van der Waals surface area (Å²) in [6, 6.07) is 1.66. The van der Waals surface area contributed by atoms with Crippen molar-refractivity contribution < 1.29 is 13.2 Å². The molecule has 1 aliphatic rings. The largest absolute Gasteiger partial charge is 0.474 e. The predicted molar refractivity (Wildman–Crippen MR) is 98.1 cm³/mol. The number of hydrogen-bond donors (Lipinski definition) is 2. The van der Waals surface area contributed by atoms with Gasteiger partial charge in [0.2, 0.25) is 5.88 Å². The van der Waals surface area contributed by atoms with Crippen LogP contribution in [0.1, 0.15) is 44.2 Å². The molecule has 2 aromatic heterocycles. The molecule has 1 saturated carbocycles. The molecular formula is C17H24N4O3S. The predicted octanol–water partition coefficient (Wildman–Crippen LogP) is 1.97. The lowest BCUT2D eigenvalue weighted by atomic mass is 9.95. The Bertz CT molecular complexity index is 879. The summed E-state index contributed by atoms with van der Waals surface area (Å²) >= 11 is 0. The third-order valence-corrected chi connectivity index (χ3v) is 6.32. The number of ether oxygens (including phenoxy) is 1. The van der Waals surface area contributed by atoms with Crippen molar-refractivity contribution in [2.75, 3.05) is 12.0 Å². The fourth-order valence-electron chi connectivity index (χ4n) is 3.13. The number of pyridine rings is 2. The van der Waals surface area contributed by atoms with Crippen molar-refractivity contribution in [3.63, 3.8) is 0 Å². The quantitative estimate of drug-likeness (QED) is 0.803. The maximum atomic E-state index is 11.5. The molecule has 0 aromatic carbocycles. The van der Waals surface area contributed by atoms with Crippen LogP contribution in [-0.4, -0.2) is 36.0 Å². The molecule has 2 heterocycles. The molecule has 1 atom stereocenters. The van der Waals surface area contributed by atoms with Crippen LogP contribution in [0.3, 0.4) is 0 Å². The summed E-state index contributed by atoms with van der Waals surface area (Å²) in [5, 5.41) is 1.31. The highest BCUT2D eigenvalue weighted by Crippen LogP contribution is 2.35. The Hall–Kier alpha value is -1.93. The van der Waals surface area contributed by atoms with Gasteiger partial charge in [-0.25, -0.2) is 18.4 Å². The number of sulfone groups is 1. The van der Waals surface area contributed by atoms with Crippen molar-refractivity contribution in [1.82, 2.24) is 9.97 Å². The van der Waals surface area contributed by atoms with Crippen molar-refractivity contribution in [3.8, 4) is 5.88 Å². The van der Waals surface area contributed by atoms with Gasteiger partial charge in [-0.05, 0) is 23.4 Å². The standard InChI is InChI=1S/C17H24N4O3S/c1-3-4-15(18)13-8-21-17(14-9-20-16(19)7-12(13)14)24-10-5-11(6-10)25(2,22)23/h7-11,15H,3-6,18H2,1-2H3,(H2,19,20)/t10-,11+,15-/m1/s1. The van der Waals surface area contributed by atoms with Gasteiger partial charge in [-0.15, -0.1) is 0 Å². The third kappa shape index (κ3) is 3.69. The Morgan fingerprint density at radius 1 is 1.28 bits per heavy atom. The lowest BCUT2D eigenvalue weighted by Gasteiger charge is -2.33. The maximum Gasteiger partial charge on any atom is 0.223 e. The highest BCUT2D eigenvalue weighted by Gasteiger charge is 2.38. The third-order valence-electron chi connectivity index (χ3n) is 4.72. The van der Waals surface area contributed by atoms with Gasteiger partial charge in [0.1, 0.15) is 11.9 Å². The maximum absolute atomic E-state index is 11.5. The average Bonchev–Trinajstić information content (AvgIpc) is 2.48. The molecule has 0 bridgehead atoms. The van der Waals surface area contributed by atoms with E-state index in [2.05, 4.69) is 16.9 Å². The van der Waals surface area contributed by atoms with E-state index in [1.807, 2.05) is 0 Å². The number of anilines is 1. The number of hydrogen-bond acceptors (Lipinski definition) is 7. The number of nitrogens with zero attached hydrogens (tertiary/aromatic N) is 2. The number of nitrogens with two attached hydrogens (primary N) is 2. The van der Waals surface area contributed by atoms with E-state index in [0.29, 0.717) is 24.5 Å². The zero-order valence-electron chi connectivity index (χ0n) is 14.5. The molecule has 7 nitrogen and oxygen atoms in total. The van der Waals surface area contributed by atoms with Gasteiger partial charge < -0.3 is 16.2 Å². The van der Waals surface area contributed by atoms with Gasteiger partial charge in [0.05, 0.1) is 10.6 Å². The average molecular weight is 364 g/mol. The molecule has 0 spiro atoms. The molecule has 3 rings (SSSR count). The van der Waals surface area contributed by atoms with Crippen molar-refractivity contribution in [3.05, 3.63) is 24.0 Å². The first-order valence-electron chi connectivity index (χ1n) is 8.44. The molecular weight excluding hydrogens is 340 g/mol. The fourth-order valence-corrected chi connectivity index (χ4v) is 4.25. The van der Waals surface area contributed by atoms with Crippen LogP contribution in [-0.2, 0) is 9.84 Å². The summed E-state index contributed by atoms with van der Waals surface area (Å²) in [6.45, 7) is 2.08. The topological polar surface area (TPSA) is 121 Å². The fraction of sp³-hybridized carbons (Fsp3) is 0.529. The minimum Gasteiger partial charge on any atom is -0.474 e. The van der Waals surface area contributed by atoms with E-state index in [0.717, 1.165) is 29.2 Å². The number of nitrogen functional groups attached to an aromatic ring is 1. The number of rotatable bonds is 6. The van der Waals surface area contributed by atoms with Gasteiger partial charge in [-0.3, -0.25) is 0 Å². The molecule has 1 aliphatic carbocycles. The first-order valence-corrected chi connectivity index (χ1v) is 10.4. The summed E-state index contributed by atoms with van der Waals surface area (Å²) in [5.41, 5.74) is 13.0.